The molecule has 0 bridgehead atoms. The summed E-state index contributed by atoms with van der Waals surface area (Å²) in [4.78, 5) is 45.8. The monoisotopic (exact) mass is 430 g/mol. The van der Waals surface area contributed by atoms with Crippen molar-refractivity contribution in [3.05, 3.63) is 59.4 Å². The summed E-state index contributed by atoms with van der Waals surface area (Å²) in [6, 6.07) is 12.7. The largest absolute Gasteiger partial charge is 0.342 e. The van der Waals surface area contributed by atoms with Crippen molar-refractivity contribution in [2.24, 2.45) is 0 Å². The van der Waals surface area contributed by atoms with Gasteiger partial charge in [0, 0.05) is 30.0 Å². The van der Waals surface area contributed by atoms with E-state index in [9.17, 15) is 14.4 Å². The number of nitrogens with one attached hydrogen (secondary N) is 2. The van der Waals surface area contributed by atoms with Gasteiger partial charge in [-0.25, -0.2) is 4.98 Å². The maximum Gasteiger partial charge on any atom is 0.255 e. The van der Waals surface area contributed by atoms with Crippen LogP contribution in [0.2, 0.25) is 0 Å². The second kappa shape index (κ2) is 8.57. The fourth-order valence-electron chi connectivity index (χ4n) is 4.62. The van der Waals surface area contributed by atoms with Crippen molar-refractivity contribution in [2.45, 2.75) is 57.4 Å². The number of imidazole rings is 1. The number of hydrogen-bond donors (Lipinski definition) is 2. The van der Waals surface area contributed by atoms with E-state index in [1.807, 2.05) is 18.2 Å². The maximum atomic E-state index is 12.7. The highest BCUT2D eigenvalue weighted by Gasteiger charge is 2.28. The lowest BCUT2D eigenvalue weighted by molar-refractivity contribution is -0.139. The van der Waals surface area contributed by atoms with Crippen molar-refractivity contribution in [3.8, 4) is 0 Å². The molecular weight excluding hydrogens is 404 g/mol. The lowest BCUT2D eigenvalue weighted by atomic mass is 9.89. The van der Waals surface area contributed by atoms with Gasteiger partial charge in [0.05, 0.1) is 17.6 Å². The number of amides is 3. The van der Waals surface area contributed by atoms with Crippen LogP contribution in [0.1, 0.15) is 72.6 Å². The molecule has 2 N–H and O–H groups in total. The van der Waals surface area contributed by atoms with Gasteiger partial charge in [0.15, 0.2) is 0 Å². The lowest BCUT2D eigenvalue weighted by Gasteiger charge is -2.18. The number of carbonyl (C=O) groups excluding carboxylic acids is 3. The minimum Gasteiger partial charge on any atom is -0.342 e. The van der Waals surface area contributed by atoms with Gasteiger partial charge in [0.2, 0.25) is 11.8 Å². The molecule has 3 amide bonds. The number of benzene rings is 2. The third-order valence-corrected chi connectivity index (χ3v) is 6.46. The first kappa shape index (κ1) is 20.4. The van der Waals surface area contributed by atoms with E-state index >= 15 is 0 Å². The van der Waals surface area contributed by atoms with Crippen molar-refractivity contribution in [3.63, 3.8) is 0 Å². The molecule has 7 heteroatoms. The van der Waals surface area contributed by atoms with E-state index in [1.165, 1.54) is 37.0 Å². The van der Waals surface area contributed by atoms with Gasteiger partial charge in [-0.2, -0.15) is 0 Å². The fraction of sp³-hybridized carbons (Fsp3) is 0.360. The van der Waals surface area contributed by atoms with Crippen LogP contribution in [0.3, 0.4) is 0 Å². The van der Waals surface area contributed by atoms with Gasteiger partial charge in [-0.05, 0) is 48.7 Å². The molecule has 0 radical (unpaired) electrons. The van der Waals surface area contributed by atoms with Gasteiger partial charge in [-0.3, -0.25) is 19.3 Å². The summed E-state index contributed by atoms with van der Waals surface area (Å²) in [6.45, 7) is 0.249. The normalized spacial score (nSPS) is 17.3. The van der Waals surface area contributed by atoms with Crippen molar-refractivity contribution >= 4 is 34.4 Å². The summed E-state index contributed by atoms with van der Waals surface area (Å²) >= 11 is 0. The Morgan fingerprint density at radius 1 is 1.00 bits per heavy atom. The highest BCUT2D eigenvalue weighted by Crippen LogP contribution is 2.32. The third kappa shape index (κ3) is 4.15. The Labute approximate surface area is 186 Å². The van der Waals surface area contributed by atoms with Gasteiger partial charge < -0.3 is 10.3 Å². The Bertz CT molecular complexity index is 1160. The average Bonchev–Trinajstić information content (AvgIpc) is 3.38. The molecule has 164 valence electrons. The second-order valence-corrected chi connectivity index (χ2v) is 8.71. The summed E-state index contributed by atoms with van der Waals surface area (Å²) in [5.41, 5.74) is 3.89. The third-order valence-electron chi connectivity index (χ3n) is 6.46. The van der Waals surface area contributed by atoms with E-state index in [-0.39, 0.29) is 37.1 Å². The molecule has 7 nitrogen and oxygen atoms in total. The molecule has 0 atom stereocenters. The van der Waals surface area contributed by atoms with Gasteiger partial charge >= 0.3 is 0 Å². The Balaban J connectivity index is 1.26. The van der Waals surface area contributed by atoms with Crippen LogP contribution in [0.5, 0.6) is 0 Å². The highest BCUT2D eigenvalue weighted by atomic mass is 16.2. The topological polar surface area (TPSA) is 95.2 Å². The zero-order valence-electron chi connectivity index (χ0n) is 17.9. The number of imide groups is 1. The molecule has 1 saturated carbocycles. The smallest absolute Gasteiger partial charge is 0.255 e. The number of likely N-dealkylation sites (tertiary alicyclic amines) is 1. The quantitative estimate of drug-likeness (QED) is 0.582. The number of nitrogens with zero attached hydrogens (tertiary/aromatic N) is 2. The van der Waals surface area contributed by atoms with Crippen LogP contribution in [0.4, 0.5) is 5.69 Å². The predicted molar refractivity (Wildman–Crippen MR) is 121 cm³/mol. The van der Waals surface area contributed by atoms with Crippen LogP contribution in [0.15, 0.2) is 42.5 Å². The van der Waals surface area contributed by atoms with E-state index in [4.69, 9.17) is 4.98 Å². The van der Waals surface area contributed by atoms with Crippen LogP contribution < -0.4 is 5.32 Å². The number of carbonyl (C=O) groups is 3. The summed E-state index contributed by atoms with van der Waals surface area (Å²) in [7, 11) is 0. The summed E-state index contributed by atoms with van der Waals surface area (Å²) in [5.74, 6) is 1.05. The van der Waals surface area contributed by atoms with Crippen LogP contribution in [0, 0.1) is 0 Å². The number of hydrogen-bond acceptors (Lipinski definition) is 4. The van der Waals surface area contributed by atoms with Gasteiger partial charge in [0.1, 0.15) is 5.82 Å². The van der Waals surface area contributed by atoms with E-state index in [2.05, 4.69) is 10.3 Å². The fourth-order valence-corrected chi connectivity index (χ4v) is 4.62. The van der Waals surface area contributed by atoms with Crippen molar-refractivity contribution in [1.82, 2.24) is 14.9 Å². The summed E-state index contributed by atoms with van der Waals surface area (Å²) < 4.78 is 0. The molecule has 3 aromatic rings. The SMILES string of the molecule is O=C(Nc1ccc2nc(C3CCCCC3)[nH]c2c1)c1ccc(CN2C(=O)CCC2=O)cc1. The van der Waals surface area contributed by atoms with Gasteiger partial charge in [-0.1, -0.05) is 31.4 Å². The standard InChI is InChI=1S/C25H26N4O3/c30-22-12-13-23(31)29(22)15-16-6-8-18(9-7-16)25(32)26-19-10-11-20-21(14-19)28-24(27-20)17-4-2-1-3-5-17/h6-11,14,17H,1-5,12-13,15H2,(H,26,32)(H,27,28). The maximum absolute atomic E-state index is 12.7. The number of anilines is 1. The predicted octanol–water partition coefficient (Wildman–Crippen LogP) is 4.51. The van der Waals surface area contributed by atoms with Crippen molar-refractivity contribution in [2.75, 3.05) is 5.32 Å². The first-order valence-electron chi connectivity index (χ1n) is 11.3. The van der Waals surface area contributed by atoms with Gasteiger partial charge in [-0.15, -0.1) is 0 Å². The van der Waals surface area contributed by atoms with Gasteiger partial charge in [0.25, 0.3) is 5.91 Å². The molecule has 0 unspecified atom stereocenters. The molecule has 2 heterocycles. The summed E-state index contributed by atoms with van der Waals surface area (Å²) in [5, 5.41) is 2.94. The van der Waals surface area contributed by atoms with Crippen LogP contribution in [-0.4, -0.2) is 32.6 Å². The number of H-pyrrole nitrogens is 1. The number of rotatable bonds is 5. The van der Waals surface area contributed by atoms with Crippen LogP contribution >= 0.6 is 0 Å². The minimum absolute atomic E-state index is 0.141. The molecule has 0 spiro atoms. The second-order valence-electron chi connectivity index (χ2n) is 8.71. The Morgan fingerprint density at radius 3 is 2.44 bits per heavy atom. The molecule has 1 saturated heterocycles. The van der Waals surface area contributed by atoms with E-state index < -0.39 is 0 Å². The molecule has 2 aliphatic rings. The zero-order chi connectivity index (χ0) is 22.1. The first-order valence-corrected chi connectivity index (χ1v) is 11.3. The summed E-state index contributed by atoms with van der Waals surface area (Å²) in [6.07, 6.45) is 6.74. The molecule has 2 fully saturated rings. The van der Waals surface area contributed by atoms with Crippen molar-refractivity contribution in [1.29, 1.82) is 0 Å². The molecule has 1 aliphatic heterocycles. The number of aromatic nitrogens is 2. The molecule has 2 aromatic carbocycles. The Kier molecular flexibility index (Phi) is 5.47. The van der Waals surface area contributed by atoms with Crippen LogP contribution in [0.25, 0.3) is 11.0 Å². The average molecular weight is 431 g/mol. The zero-order valence-corrected chi connectivity index (χ0v) is 17.9. The molecule has 5 rings (SSSR count). The number of fused-ring (bicyclic) bond motifs is 1. The molecule has 1 aliphatic carbocycles. The molecule has 32 heavy (non-hydrogen) atoms. The minimum atomic E-state index is -0.212. The van der Waals surface area contributed by atoms with E-state index in [0.29, 0.717) is 17.2 Å². The lowest BCUT2D eigenvalue weighted by Crippen LogP contribution is -2.28. The molecular formula is C25H26N4O3. The Morgan fingerprint density at radius 2 is 1.72 bits per heavy atom. The Hall–Kier alpha value is -3.48. The van der Waals surface area contributed by atoms with E-state index in [0.717, 1.165) is 22.4 Å². The molecule has 1 aromatic heterocycles. The first-order chi connectivity index (χ1) is 15.6. The van der Waals surface area contributed by atoms with Crippen molar-refractivity contribution < 1.29 is 14.4 Å². The van der Waals surface area contributed by atoms with E-state index in [1.54, 1.807) is 24.3 Å². The van der Waals surface area contributed by atoms with Crippen LogP contribution in [-0.2, 0) is 16.1 Å². The highest BCUT2D eigenvalue weighted by molar-refractivity contribution is 6.05. The number of aromatic amines is 1.